The molecule has 0 aliphatic heterocycles. The van der Waals surface area contributed by atoms with E-state index in [4.69, 9.17) is 0 Å². The van der Waals surface area contributed by atoms with Crippen LogP contribution in [-0.2, 0) is 16.1 Å². The van der Waals surface area contributed by atoms with Gasteiger partial charge in [0.2, 0.25) is 5.91 Å². The Bertz CT molecular complexity index is 971. The van der Waals surface area contributed by atoms with Crippen molar-refractivity contribution in [3.8, 4) is 0 Å². The van der Waals surface area contributed by atoms with Gasteiger partial charge in [0, 0.05) is 30.4 Å². The second-order valence-electron chi connectivity index (χ2n) is 7.47. The molecule has 180 valence electrons. The Balaban J connectivity index is 2.16. The van der Waals surface area contributed by atoms with E-state index in [9.17, 15) is 27.9 Å². The van der Waals surface area contributed by atoms with Crippen LogP contribution in [0.1, 0.15) is 19.4 Å². The summed E-state index contributed by atoms with van der Waals surface area (Å²) in [6.07, 6.45) is 0.785. The van der Waals surface area contributed by atoms with Gasteiger partial charge in [-0.1, -0.05) is 0 Å². The van der Waals surface area contributed by atoms with Crippen LogP contribution < -0.4 is 10.2 Å². The summed E-state index contributed by atoms with van der Waals surface area (Å²) in [5.74, 6) is -0.134. The van der Waals surface area contributed by atoms with E-state index >= 15 is 0 Å². The number of alkyl halides is 3. The molecule has 0 saturated carbocycles. The van der Waals surface area contributed by atoms with Gasteiger partial charge >= 0.3 is 11.6 Å². The van der Waals surface area contributed by atoms with Crippen molar-refractivity contribution in [1.82, 2.24) is 9.88 Å². The Hall–Kier alpha value is -2.83. The number of ether oxygens (including phenoxy) is 1. The van der Waals surface area contributed by atoms with Crippen molar-refractivity contribution in [3.05, 3.63) is 48.2 Å². The van der Waals surface area contributed by atoms with Gasteiger partial charge in [-0.25, -0.2) is 9.78 Å². The molecular formula is C21H25F3N4O4S. The Morgan fingerprint density at radius 1 is 1.18 bits per heavy atom. The summed E-state index contributed by atoms with van der Waals surface area (Å²) in [5, 5.41) is 12.4. The van der Waals surface area contributed by atoms with Gasteiger partial charge in [0.05, 0.1) is 19.4 Å². The number of anilines is 2. The minimum absolute atomic E-state index is 0.0115. The van der Waals surface area contributed by atoms with Gasteiger partial charge in [-0.2, -0.15) is 13.2 Å². The van der Waals surface area contributed by atoms with Crippen LogP contribution in [0.15, 0.2) is 47.5 Å². The number of hydrogen-bond donors (Lipinski definition) is 2. The van der Waals surface area contributed by atoms with Crippen LogP contribution in [0.3, 0.4) is 0 Å². The number of thioether (sulfide) groups is 1. The summed E-state index contributed by atoms with van der Waals surface area (Å²) in [5.41, 5.74) is -4.50. The van der Waals surface area contributed by atoms with Crippen molar-refractivity contribution in [1.29, 1.82) is 0 Å². The van der Waals surface area contributed by atoms with Gasteiger partial charge in [-0.3, -0.25) is 15.0 Å². The smallest absolute Gasteiger partial charge is 0.446 e. The van der Waals surface area contributed by atoms with Crippen LogP contribution in [0.25, 0.3) is 0 Å². The largest absolute Gasteiger partial charge is 0.453 e. The number of aliphatic hydroxyl groups excluding tert-OH is 1. The van der Waals surface area contributed by atoms with Gasteiger partial charge in [-0.05, 0) is 67.6 Å². The number of benzene rings is 1. The topological polar surface area (TPSA) is 95.0 Å². The van der Waals surface area contributed by atoms with Gasteiger partial charge in [0.25, 0.3) is 0 Å². The normalized spacial score (nSPS) is 11.9. The zero-order chi connectivity index (χ0) is 24.8. The first-order chi connectivity index (χ1) is 15.4. The molecule has 1 aromatic carbocycles. The molecular weight excluding hydrogens is 461 g/mol. The third-order valence-electron chi connectivity index (χ3n) is 4.86. The summed E-state index contributed by atoms with van der Waals surface area (Å²) in [7, 11) is 2.73. The monoisotopic (exact) mass is 486 g/mol. The number of rotatable bonds is 8. The first kappa shape index (κ1) is 26.4. The third-order valence-corrected chi connectivity index (χ3v) is 5.60. The quantitative estimate of drug-likeness (QED) is 0.429. The van der Waals surface area contributed by atoms with E-state index in [1.165, 1.54) is 54.4 Å². The Kier molecular flexibility index (Phi) is 8.69. The summed E-state index contributed by atoms with van der Waals surface area (Å²) < 4.78 is 42.1. The van der Waals surface area contributed by atoms with Crippen LogP contribution in [0, 0.1) is 0 Å². The van der Waals surface area contributed by atoms with E-state index in [1.54, 1.807) is 26.0 Å². The predicted octanol–water partition coefficient (Wildman–Crippen LogP) is 4.07. The number of aromatic nitrogens is 1. The molecule has 8 nitrogen and oxygen atoms in total. The van der Waals surface area contributed by atoms with Crippen molar-refractivity contribution < 1.29 is 32.6 Å². The Morgan fingerprint density at radius 3 is 2.36 bits per heavy atom. The molecule has 2 N–H and O–H groups in total. The number of likely N-dealkylation sites (N-methyl/N-ethyl adjacent to an activating group) is 1. The number of carbonyl (C=O) groups excluding carboxylic acids is 2. The zero-order valence-corrected chi connectivity index (χ0v) is 19.3. The average Bonchev–Trinajstić information content (AvgIpc) is 2.75. The number of carbonyl (C=O) groups is 2. The van der Waals surface area contributed by atoms with Gasteiger partial charge in [0.15, 0.2) is 0 Å². The molecule has 0 aliphatic carbocycles. The molecule has 0 spiro atoms. The molecule has 0 unspecified atom stereocenters. The van der Waals surface area contributed by atoms with Crippen LogP contribution in [0.2, 0.25) is 0 Å². The molecule has 0 saturated heterocycles. The Labute approximate surface area is 193 Å². The predicted molar refractivity (Wildman–Crippen MR) is 119 cm³/mol. The van der Waals surface area contributed by atoms with Gasteiger partial charge in [0.1, 0.15) is 5.82 Å². The number of nitrogens with one attached hydrogen (secondary N) is 1. The number of nitrogens with zero attached hydrogens (tertiary/aromatic N) is 3. The van der Waals surface area contributed by atoms with Crippen molar-refractivity contribution in [2.45, 2.75) is 36.3 Å². The molecule has 0 atom stereocenters. The average molecular weight is 487 g/mol. The number of hydrogen-bond acceptors (Lipinski definition) is 7. The van der Waals surface area contributed by atoms with E-state index in [1.807, 2.05) is 0 Å². The number of pyridine rings is 1. The van der Waals surface area contributed by atoms with E-state index in [0.29, 0.717) is 11.3 Å². The number of halogens is 3. The van der Waals surface area contributed by atoms with Crippen LogP contribution in [0.4, 0.5) is 29.5 Å². The number of amides is 2. The number of methoxy groups -OCH3 is 1. The lowest BCUT2D eigenvalue weighted by molar-refractivity contribution is -0.131. The van der Waals surface area contributed by atoms with Crippen LogP contribution >= 0.6 is 11.8 Å². The summed E-state index contributed by atoms with van der Waals surface area (Å²) >= 11 is -0.233. The lowest BCUT2D eigenvalue weighted by Gasteiger charge is -2.38. The van der Waals surface area contributed by atoms with E-state index in [0.717, 1.165) is 0 Å². The molecule has 0 fully saturated rings. The van der Waals surface area contributed by atoms with Crippen molar-refractivity contribution >= 4 is 35.3 Å². The maximum atomic E-state index is 13.2. The fourth-order valence-corrected chi connectivity index (χ4v) is 3.52. The summed E-state index contributed by atoms with van der Waals surface area (Å²) in [6, 6.07) is 8.70. The minimum atomic E-state index is -4.40. The summed E-state index contributed by atoms with van der Waals surface area (Å²) in [4.78, 5) is 31.5. The van der Waals surface area contributed by atoms with Gasteiger partial charge < -0.3 is 14.7 Å². The number of aliphatic hydroxyl groups is 1. The molecule has 0 bridgehead atoms. The van der Waals surface area contributed by atoms with E-state index < -0.39 is 23.9 Å². The van der Waals surface area contributed by atoms with E-state index in [-0.39, 0.29) is 34.9 Å². The molecule has 0 radical (unpaired) electrons. The highest BCUT2D eigenvalue weighted by Crippen LogP contribution is 2.37. The fourth-order valence-electron chi connectivity index (χ4n) is 2.98. The first-order valence-corrected chi connectivity index (χ1v) is 10.5. The standard InChI is InChI=1S/C21H25F3N4O4S/c1-20(2,18(30)27(3)15-5-7-16(8-6-15)33-21(22,23)24)28(13-29)12-14-9-10-25-17(11-14)26-19(31)32-4/h5-11,29H,12-13H2,1-4H3,(H,25,26,31). The lowest BCUT2D eigenvalue weighted by Crippen LogP contribution is -2.55. The molecule has 2 amide bonds. The minimum Gasteiger partial charge on any atom is -0.453 e. The second-order valence-corrected chi connectivity index (χ2v) is 8.61. The maximum absolute atomic E-state index is 13.2. The Morgan fingerprint density at radius 2 is 1.82 bits per heavy atom. The molecule has 1 aromatic heterocycles. The third kappa shape index (κ3) is 7.34. The molecule has 2 aromatic rings. The van der Waals surface area contributed by atoms with Crippen molar-refractivity contribution in [2.75, 3.05) is 31.1 Å². The summed E-state index contributed by atoms with van der Waals surface area (Å²) in [6.45, 7) is 2.97. The molecule has 1 heterocycles. The van der Waals surface area contributed by atoms with E-state index in [2.05, 4.69) is 15.0 Å². The molecule has 2 rings (SSSR count). The lowest BCUT2D eigenvalue weighted by atomic mass is 10.00. The van der Waals surface area contributed by atoms with Crippen LogP contribution in [-0.4, -0.2) is 58.9 Å². The molecule has 33 heavy (non-hydrogen) atoms. The molecule has 12 heteroatoms. The highest BCUT2D eigenvalue weighted by molar-refractivity contribution is 8.00. The van der Waals surface area contributed by atoms with Crippen molar-refractivity contribution in [2.24, 2.45) is 0 Å². The SMILES string of the molecule is COC(=O)Nc1cc(CN(CO)C(C)(C)C(=O)N(C)c2ccc(SC(F)(F)F)cc2)ccn1. The first-order valence-electron chi connectivity index (χ1n) is 9.67. The van der Waals surface area contributed by atoms with Crippen LogP contribution in [0.5, 0.6) is 0 Å². The van der Waals surface area contributed by atoms with Gasteiger partial charge in [-0.15, -0.1) is 0 Å². The van der Waals surface area contributed by atoms with Crippen molar-refractivity contribution in [3.63, 3.8) is 0 Å². The highest BCUT2D eigenvalue weighted by atomic mass is 32.2. The second kappa shape index (κ2) is 10.9. The fraction of sp³-hybridized carbons (Fsp3) is 0.381. The highest BCUT2D eigenvalue weighted by Gasteiger charge is 2.37. The zero-order valence-electron chi connectivity index (χ0n) is 18.5. The molecule has 0 aliphatic rings. The maximum Gasteiger partial charge on any atom is 0.446 e.